The van der Waals surface area contributed by atoms with Crippen molar-refractivity contribution in [1.82, 2.24) is 15.1 Å². The Balaban J connectivity index is 2.00. The van der Waals surface area contributed by atoms with E-state index >= 15 is 0 Å². The maximum Gasteiger partial charge on any atom is 0.416 e. The zero-order valence-corrected chi connectivity index (χ0v) is 13.0. The molecule has 0 saturated carbocycles. The van der Waals surface area contributed by atoms with Crippen molar-refractivity contribution in [3.05, 3.63) is 46.8 Å². The van der Waals surface area contributed by atoms with Crippen molar-refractivity contribution in [2.45, 2.75) is 26.6 Å². The Kier molecular flexibility index (Phi) is 4.63. The number of amides is 2. The van der Waals surface area contributed by atoms with Crippen molar-refractivity contribution in [3.63, 3.8) is 0 Å². The van der Waals surface area contributed by atoms with Gasteiger partial charge in [-0.1, -0.05) is 6.07 Å². The number of anilines is 1. The lowest BCUT2D eigenvalue weighted by Crippen LogP contribution is -2.28. The summed E-state index contributed by atoms with van der Waals surface area (Å²) in [4.78, 5) is 11.8. The Morgan fingerprint density at radius 3 is 2.57 bits per heavy atom. The van der Waals surface area contributed by atoms with E-state index in [9.17, 15) is 18.0 Å². The molecular weight excluding hydrogens is 309 g/mol. The fourth-order valence-electron chi connectivity index (χ4n) is 2.19. The van der Waals surface area contributed by atoms with Gasteiger partial charge >= 0.3 is 12.2 Å². The molecule has 124 valence electrons. The Labute approximate surface area is 131 Å². The van der Waals surface area contributed by atoms with Gasteiger partial charge in [-0.05, 0) is 32.0 Å². The second kappa shape index (κ2) is 6.31. The van der Waals surface area contributed by atoms with E-state index < -0.39 is 17.8 Å². The second-order valence-electron chi connectivity index (χ2n) is 5.16. The average Bonchev–Trinajstić information content (AvgIpc) is 2.69. The number of benzene rings is 1. The molecule has 0 aliphatic carbocycles. The molecular formula is C15H17F3N4O. The zero-order chi connectivity index (χ0) is 17.2. The number of nitrogens with one attached hydrogen (secondary N) is 2. The van der Waals surface area contributed by atoms with E-state index in [1.54, 1.807) is 11.7 Å². The highest BCUT2D eigenvalue weighted by Crippen LogP contribution is 2.30. The van der Waals surface area contributed by atoms with Crippen LogP contribution >= 0.6 is 0 Å². The van der Waals surface area contributed by atoms with Gasteiger partial charge in [-0.25, -0.2) is 4.79 Å². The number of hydrogen-bond donors (Lipinski definition) is 2. The highest BCUT2D eigenvalue weighted by Gasteiger charge is 2.30. The molecule has 2 N–H and O–H groups in total. The van der Waals surface area contributed by atoms with Gasteiger partial charge in [0.15, 0.2) is 0 Å². The van der Waals surface area contributed by atoms with Gasteiger partial charge in [-0.15, -0.1) is 0 Å². The van der Waals surface area contributed by atoms with Crippen molar-refractivity contribution < 1.29 is 18.0 Å². The number of carbonyl (C=O) groups excluding carboxylic acids is 1. The van der Waals surface area contributed by atoms with Gasteiger partial charge in [-0.3, -0.25) is 4.68 Å². The molecule has 23 heavy (non-hydrogen) atoms. The number of nitrogens with zero attached hydrogens (tertiary/aromatic N) is 2. The van der Waals surface area contributed by atoms with Gasteiger partial charge in [0, 0.05) is 30.5 Å². The predicted molar refractivity (Wildman–Crippen MR) is 80.0 cm³/mol. The third kappa shape index (κ3) is 4.02. The molecule has 1 aromatic carbocycles. The first kappa shape index (κ1) is 16.9. The zero-order valence-electron chi connectivity index (χ0n) is 13.0. The minimum absolute atomic E-state index is 0.0805. The lowest BCUT2D eigenvalue weighted by molar-refractivity contribution is -0.137. The van der Waals surface area contributed by atoms with Crippen LogP contribution in [0.15, 0.2) is 24.3 Å². The van der Waals surface area contributed by atoms with Gasteiger partial charge in [0.2, 0.25) is 0 Å². The molecule has 8 heteroatoms. The first-order valence-corrected chi connectivity index (χ1v) is 6.89. The molecule has 0 radical (unpaired) electrons. The molecule has 2 aromatic rings. The molecule has 0 spiro atoms. The highest BCUT2D eigenvalue weighted by molar-refractivity contribution is 5.89. The lowest BCUT2D eigenvalue weighted by Gasteiger charge is -2.11. The number of urea groups is 1. The Bertz CT molecular complexity index is 722. The quantitative estimate of drug-likeness (QED) is 0.908. The van der Waals surface area contributed by atoms with E-state index in [0.29, 0.717) is 0 Å². The maximum atomic E-state index is 12.6. The molecule has 0 fully saturated rings. The van der Waals surface area contributed by atoms with Gasteiger partial charge in [0.25, 0.3) is 0 Å². The highest BCUT2D eigenvalue weighted by atomic mass is 19.4. The van der Waals surface area contributed by atoms with Gasteiger partial charge in [-0.2, -0.15) is 18.3 Å². The molecule has 5 nitrogen and oxygen atoms in total. The molecule has 1 heterocycles. The van der Waals surface area contributed by atoms with E-state index in [2.05, 4.69) is 15.7 Å². The third-order valence-electron chi connectivity index (χ3n) is 3.53. The lowest BCUT2D eigenvalue weighted by atomic mass is 10.2. The van der Waals surface area contributed by atoms with Crippen molar-refractivity contribution in [2.75, 3.05) is 5.32 Å². The number of aromatic nitrogens is 2. The van der Waals surface area contributed by atoms with E-state index in [-0.39, 0.29) is 12.2 Å². The first-order chi connectivity index (χ1) is 10.7. The largest absolute Gasteiger partial charge is 0.416 e. The second-order valence-corrected chi connectivity index (χ2v) is 5.16. The summed E-state index contributed by atoms with van der Waals surface area (Å²) < 4.78 is 39.6. The van der Waals surface area contributed by atoms with Crippen LogP contribution in [0, 0.1) is 13.8 Å². The van der Waals surface area contributed by atoms with Crippen LogP contribution < -0.4 is 10.6 Å². The summed E-state index contributed by atoms with van der Waals surface area (Å²) in [6, 6.07) is 3.90. The summed E-state index contributed by atoms with van der Waals surface area (Å²) >= 11 is 0. The molecule has 0 aliphatic heterocycles. The fourth-order valence-corrected chi connectivity index (χ4v) is 2.19. The molecule has 0 unspecified atom stereocenters. The van der Waals surface area contributed by atoms with Crippen molar-refractivity contribution in [2.24, 2.45) is 7.05 Å². The smallest absolute Gasteiger partial charge is 0.334 e. The molecule has 2 rings (SSSR count). The topological polar surface area (TPSA) is 59.0 Å². The summed E-state index contributed by atoms with van der Waals surface area (Å²) in [5.41, 5.74) is 1.86. The monoisotopic (exact) mass is 326 g/mol. The molecule has 0 atom stereocenters. The van der Waals surface area contributed by atoms with Crippen LogP contribution in [-0.2, 0) is 19.8 Å². The minimum atomic E-state index is -4.45. The van der Waals surface area contributed by atoms with E-state index in [1.807, 2.05) is 13.8 Å². The summed E-state index contributed by atoms with van der Waals surface area (Å²) in [5, 5.41) is 9.24. The number of alkyl halides is 3. The Morgan fingerprint density at radius 2 is 2.00 bits per heavy atom. The third-order valence-corrected chi connectivity index (χ3v) is 3.53. The summed E-state index contributed by atoms with van der Waals surface area (Å²) in [7, 11) is 1.80. The maximum absolute atomic E-state index is 12.6. The number of carbonyl (C=O) groups is 1. The van der Waals surface area contributed by atoms with Crippen LogP contribution in [0.3, 0.4) is 0 Å². The molecule has 1 aromatic heterocycles. The first-order valence-electron chi connectivity index (χ1n) is 6.89. The molecule has 0 bridgehead atoms. The number of hydrogen-bond acceptors (Lipinski definition) is 2. The summed E-state index contributed by atoms with van der Waals surface area (Å²) in [6.45, 7) is 3.95. The van der Waals surface area contributed by atoms with Crippen LogP contribution in [0.1, 0.15) is 22.5 Å². The van der Waals surface area contributed by atoms with Crippen molar-refractivity contribution in [1.29, 1.82) is 0 Å². The minimum Gasteiger partial charge on any atom is -0.334 e. The number of halogens is 3. The van der Waals surface area contributed by atoms with E-state index in [0.717, 1.165) is 29.1 Å². The Morgan fingerprint density at radius 1 is 1.30 bits per heavy atom. The van der Waals surface area contributed by atoms with Gasteiger partial charge in [0.1, 0.15) is 0 Å². The van der Waals surface area contributed by atoms with Crippen LogP contribution in [-0.4, -0.2) is 15.8 Å². The van der Waals surface area contributed by atoms with Crippen LogP contribution in [0.25, 0.3) is 0 Å². The van der Waals surface area contributed by atoms with Crippen LogP contribution in [0.4, 0.5) is 23.7 Å². The van der Waals surface area contributed by atoms with Crippen LogP contribution in [0.2, 0.25) is 0 Å². The van der Waals surface area contributed by atoms with Gasteiger partial charge in [0.05, 0.1) is 11.3 Å². The molecule has 2 amide bonds. The Hall–Kier alpha value is -2.51. The summed E-state index contributed by atoms with van der Waals surface area (Å²) in [6.07, 6.45) is -4.45. The average molecular weight is 326 g/mol. The predicted octanol–water partition coefficient (Wildman–Crippen LogP) is 3.38. The normalized spacial score (nSPS) is 11.4. The van der Waals surface area contributed by atoms with Crippen molar-refractivity contribution >= 4 is 11.7 Å². The SMILES string of the molecule is Cc1nn(C)c(C)c1CNC(=O)Nc1cccc(C(F)(F)F)c1. The van der Waals surface area contributed by atoms with Crippen molar-refractivity contribution in [3.8, 4) is 0 Å². The molecule has 0 aliphatic rings. The van der Waals surface area contributed by atoms with E-state index in [4.69, 9.17) is 0 Å². The summed E-state index contributed by atoms with van der Waals surface area (Å²) in [5.74, 6) is 0. The van der Waals surface area contributed by atoms with Gasteiger partial charge < -0.3 is 10.6 Å². The van der Waals surface area contributed by atoms with Crippen LogP contribution in [0.5, 0.6) is 0 Å². The fraction of sp³-hybridized carbons (Fsp3) is 0.333. The number of rotatable bonds is 3. The molecule has 0 saturated heterocycles. The van der Waals surface area contributed by atoms with E-state index in [1.165, 1.54) is 12.1 Å². The number of aryl methyl sites for hydroxylation is 2. The standard InChI is InChI=1S/C15H17F3N4O/c1-9-13(10(2)22(3)21-9)8-19-14(23)20-12-6-4-5-11(7-12)15(16,17)18/h4-7H,8H2,1-3H3,(H2,19,20,23).